The van der Waals surface area contributed by atoms with Gasteiger partial charge in [-0.3, -0.25) is 14.4 Å². The molecular weight excluding hydrogens is 474 g/mol. The average Bonchev–Trinajstić information content (AvgIpc) is 3.65. The van der Waals surface area contributed by atoms with Crippen molar-refractivity contribution < 1.29 is 28.3 Å². The predicted octanol–water partition coefficient (Wildman–Crippen LogP) is 3.95. The van der Waals surface area contributed by atoms with Crippen LogP contribution >= 0.6 is 0 Å². The standard InChI is InChI=1S/C28H25N3O6/c1-2-36-28(35)18-9-11-20(12-10-18)31-25(32)16-23(26(31)33)30(27(34)24-8-5-15-37-24)14-13-19-17-29-22-7-4-3-6-21(19)22/h3-12,15,17,23,29H,2,13-14,16H2,1H3. The molecule has 0 radical (unpaired) electrons. The number of anilines is 1. The maximum atomic E-state index is 13.5. The summed E-state index contributed by atoms with van der Waals surface area (Å²) in [5, 5.41) is 1.03. The summed E-state index contributed by atoms with van der Waals surface area (Å²) in [7, 11) is 0. The zero-order valence-corrected chi connectivity index (χ0v) is 20.2. The molecule has 1 saturated heterocycles. The van der Waals surface area contributed by atoms with Gasteiger partial charge in [0.25, 0.3) is 11.8 Å². The summed E-state index contributed by atoms with van der Waals surface area (Å²) in [5.41, 5.74) is 2.61. The molecule has 188 valence electrons. The van der Waals surface area contributed by atoms with Crippen LogP contribution in [0.25, 0.3) is 10.9 Å². The number of benzene rings is 2. The minimum absolute atomic E-state index is 0.0939. The van der Waals surface area contributed by atoms with E-state index in [4.69, 9.17) is 9.15 Å². The van der Waals surface area contributed by atoms with Gasteiger partial charge in [-0.05, 0) is 61.4 Å². The molecule has 1 aliphatic rings. The smallest absolute Gasteiger partial charge is 0.338 e. The van der Waals surface area contributed by atoms with Crippen LogP contribution in [0.15, 0.2) is 77.5 Å². The summed E-state index contributed by atoms with van der Waals surface area (Å²) in [6, 6.07) is 16.0. The summed E-state index contributed by atoms with van der Waals surface area (Å²) in [5.74, 6) is -1.79. The van der Waals surface area contributed by atoms with Gasteiger partial charge in [-0.25, -0.2) is 9.69 Å². The number of esters is 1. The number of imide groups is 1. The number of fused-ring (bicyclic) bond motifs is 1. The van der Waals surface area contributed by atoms with Crippen molar-refractivity contribution in [1.29, 1.82) is 0 Å². The highest BCUT2D eigenvalue weighted by molar-refractivity contribution is 6.23. The molecule has 2 aromatic carbocycles. The third-order valence-corrected chi connectivity index (χ3v) is 6.43. The monoisotopic (exact) mass is 499 g/mol. The Balaban J connectivity index is 1.40. The maximum absolute atomic E-state index is 13.5. The number of ether oxygens (including phenoxy) is 1. The average molecular weight is 500 g/mol. The second-order valence-corrected chi connectivity index (χ2v) is 8.64. The molecule has 3 amide bonds. The first kappa shape index (κ1) is 24.1. The predicted molar refractivity (Wildman–Crippen MR) is 135 cm³/mol. The first-order valence-electron chi connectivity index (χ1n) is 12.0. The second kappa shape index (κ2) is 10.1. The summed E-state index contributed by atoms with van der Waals surface area (Å²) >= 11 is 0. The molecule has 1 N–H and O–H groups in total. The molecule has 1 fully saturated rings. The lowest BCUT2D eigenvalue weighted by Crippen LogP contribution is -2.46. The van der Waals surface area contributed by atoms with Crippen LogP contribution in [0.5, 0.6) is 0 Å². The Labute approximate surface area is 212 Å². The van der Waals surface area contributed by atoms with E-state index in [9.17, 15) is 19.2 Å². The van der Waals surface area contributed by atoms with Crippen molar-refractivity contribution in [2.45, 2.75) is 25.8 Å². The Bertz CT molecular complexity index is 1450. The largest absolute Gasteiger partial charge is 0.462 e. The van der Waals surface area contributed by atoms with E-state index in [0.29, 0.717) is 17.7 Å². The van der Waals surface area contributed by atoms with Crippen molar-refractivity contribution in [1.82, 2.24) is 9.88 Å². The lowest BCUT2D eigenvalue weighted by molar-refractivity contribution is -0.122. The molecule has 9 nitrogen and oxygen atoms in total. The number of nitrogens with zero attached hydrogens (tertiary/aromatic N) is 2. The van der Waals surface area contributed by atoms with E-state index in [1.54, 1.807) is 13.0 Å². The van der Waals surface area contributed by atoms with Crippen LogP contribution in [0.2, 0.25) is 0 Å². The molecule has 0 spiro atoms. The number of nitrogens with one attached hydrogen (secondary N) is 1. The van der Waals surface area contributed by atoms with Gasteiger partial charge in [0.15, 0.2) is 5.76 Å². The van der Waals surface area contributed by atoms with E-state index in [0.717, 1.165) is 21.4 Å². The summed E-state index contributed by atoms with van der Waals surface area (Å²) in [4.78, 5) is 57.5. The van der Waals surface area contributed by atoms with Crippen LogP contribution in [-0.4, -0.2) is 52.8 Å². The molecule has 1 atom stereocenters. The van der Waals surface area contributed by atoms with Crippen LogP contribution < -0.4 is 4.90 Å². The van der Waals surface area contributed by atoms with Gasteiger partial charge in [-0.1, -0.05) is 18.2 Å². The van der Waals surface area contributed by atoms with Crippen LogP contribution in [0.3, 0.4) is 0 Å². The minimum atomic E-state index is -0.986. The highest BCUT2D eigenvalue weighted by atomic mass is 16.5. The van der Waals surface area contributed by atoms with Gasteiger partial charge in [-0.15, -0.1) is 0 Å². The first-order valence-corrected chi connectivity index (χ1v) is 12.0. The number of amides is 3. The maximum Gasteiger partial charge on any atom is 0.338 e. The van der Waals surface area contributed by atoms with Gasteiger partial charge >= 0.3 is 5.97 Å². The number of hydrogen-bond donors (Lipinski definition) is 1. The third kappa shape index (κ3) is 4.63. The fourth-order valence-electron chi connectivity index (χ4n) is 4.61. The van der Waals surface area contributed by atoms with E-state index in [-0.39, 0.29) is 25.3 Å². The van der Waals surface area contributed by atoms with Crippen molar-refractivity contribution in [2.75, 3.05) is 18.1 Å². The van der Waals surface area contributed by atoms with E-state index >= 15 is 0 Å². The Hall–Kier alpha value is -4.66. The Morgan fingerprint density at radius 2 is 1.86 bits per heavy atom. The third-order valence-electron chi connectivity index (χ3n) is 6.43. The number of rotatable bonds is 8. The summed E-state index contributed by atoms with van der Waals surface area (Å²) < 4.78 is 10.3. The van der Waals surface area contributed by atoms with E-state index in [2.05, 4.69) is 4.98 Å². The number of carbonyl (C=O) groups excluding carboxylic acids is 4. The highest BCUT2D eigenvalue weighted by Gasteiger charge is 2.44. The van der Waals surface area contributed by atoms with Crippen molar-refractivity contribution in [3.05, 3.63) is 90.0 Å². The molecule has 3 heterocycles. The molecule has 4 aromatic rings. The number of carbonyl (C=O) groups is 4. The zero-order chi connectivity index (χ0) is 25.9. The number of aromatic amines is 1. The molecule has 1 unspecified atom stereocenters. The Kier molecular flexibility index (Phi) is 6.59. The summed E-state index contributed by atoms with van der Waals surface area (Å²) in [6.07, 6.45) is 3.60. The van der Waals surface area contributed by atoms with Crippen LogP contribution in [0, 0.1) is 0 Å². The molecule has 5 rings (SSSR count). The van der Waals surface area contributed by atoms with E-state index in [1.807, 2.05) is 30.5 Å². The molecule has 0 saturated carbocycles. The fraction of sp³-hybridized carbons (Fsp3) is 0.214. The zero-order valence-electron chi connectivity index (χ0n) is 20.2. The second-order valence-electron chi connectivity index (χ2n) is 8.64. The van der Waals surface area contributed by atoms with Gasteiger partial charge in [-0.2, -0.15) is 0 Å². The van der Waals surface area contributed by atoms with E-state index < -0.39 is 29.7 Å². The number of furan rings is 1. The highest BCUT2D eigenvalue weighted by Crippen LogP contribution is 2.28. The van der Waals surface area contributed by atoms with Crippen molar-refractivity contribution >= 4 is 40.3 Å². The molecule has 37 heavy (non-hydrogen) atoms. The molecule has 0 bridgehead atoms. The number of hydrogen-bond acceptors (Lipinski definition) is 6. The normalized spacial score (nSPS) is 15.4. The van der Waals surface area contributed by atoms with Crippen molar-refractivity contribution in [3.63, 3.8) is 0 Å². The van der Waals surface area contributed by atoms with E-state index in [1.165, 1.54) is 41.5 Å². The van der Waals surface area contributed by atoms with Crippen molar-refractivity contribution in [2.24, 2.45) is 0 Å². The molecular formula is C28H25N3O6. The fourth-order valence-corrected chi connectivity index (χ4v) is 4.61. The van der Waals surface area contributed by atoms with Crippen LogP contribution in [-0.2, 0) is 20.7 Å². The van der Waals surface area contributed by atoms with Crippen molar-refractivity contribution in [3.8, 4) is 0 Å². The van der Waals surface area contributed by atoms with Crippen LogP contribution in [0.1, 0.15) is 39.8 Å². The van der Waals surface area contributed by atoms with Gasteiger partial charge < -0.3 is 19.0 Å². The molecule has 1 aliphatic heterocycles. The van der Waals surface area contributed by atoms with Gasteiger partial charge in [0.05, 0.1) is 30.5 Å². The molecule has 9 heteroatoms. The number of para-hydroxylation sites is 1. The van der Waals surface area contributed by atoms with Gasteiger partial charge in [0.1, 0.15) is 6.04 Å². The molecule has 2 aromatic heterocycles. The quantitative estimate of drug-likeness (QED) is 0.290. The molecule has 0 aliphatic carbocycles. The minimum Gasteiger partial charge on any atom is -0.462 e. The topological polar surface area (TPSA) is 113 Å². The number of aromatic nitrogens is 1. The SMILES string of the molecule is CCOC(=O)c1ccc(N2C(=O)CC(N(CCc3c[nH]c4ccccc34)C(=O)c3ccco3)C2=O)cc1. The van der Waals surface area contributed by atoms with Crippen LogP contribution in [0.4, 0.5) is 5.69 Å². The van der Waals surface area contributed by atoms with Gasteiger partial charge in [0, 0.05) is 23.6 Å². The van der Waals surface area contributed by atoms with Gasteiger partial charge in [0.2, 0.25) is 5.91 Å². The first-order chi connectivity index (χ1) is 18.0. The lowest BCUT2D eigenvalue weighted by atomic mass is 10.1. The Morgan fingerprint density at radius 1 is 1.08 bits per heavy atom. The lowest BCUT2D eigenvalue weighted by Gasteiger charge is -2.27. The summed E-state index contributed by atoms with van der Waals surface area (Å²) in [6.45, 7) is 2.16. The Morgan fingerprint density at radius 3 is 2.59 bits per heavy atom. The number of H-pyrrole nitrogens is 1.